The summed E-state index contributed by atoms with van der Waals surface area (Å²) in [6, 6.07) is 27.6. The van der Waals surface area contributed by atoms with Crippen LogP contribution in [0.3, 0.4) is 0 Å². The van der Waals surface area contributed by atoms with Gasteiger partial charge < -0.3 is 5.11 Å². The number of nitrogens with zero attached hydrogens (tertiary/aromatic N) is 7. The monoisotopic (exact) mass is 731 g/mol. The molecule has 3 aliphatic rings. The van der Waals surface area contributed by atoms with Crippen molar-refractivity contribution in [2.24, 2.45) is 11.8 Å². The molecule has 9 rings (SSSR count). The molecule has 272 valence electrons. The Morgan fingerprint density at radius 1 is 0.642 bits per heavy atom. The van der Waals surface area contributed by atoms with Gasteiger partial charge in [-0.2, -0.15) is 10.2 Å². The highest BCUT2D eigenvalue weighted by Gasteiger charge is 2.31. The van der Waals surface area contributed by atoms with Gasteiger partial charge in [0, 0.05) is 42.6 Å². The zero-order chi connectivity index (χ0) is 36.5. The topological polar surface area (TPSA) is 152 Å². The molecule has 2 aromatic carbocycles. The van der Waals surface area contributed by atoms with Crippen molar-refractivity contribution in [1.82, 2.24) is 34.1 Å². The summed E-state index contributed by atoms with van der Waals surface area (Å²) in [5, 5.41) is 18.3. The molecule has 0 atom stereocenters. The molecular formula is C40H41N7O5S. The van der Waals surface area contributed by atoms with E-state index in [0.29, 0.717) is 37.6 Å². The van der Waals surface area contributed by atoms with Gasteiger partial charge in [-0.25, -0.2) is 27.4 Å². The van der Waals surface area contributed by atoms with Crippen LogP contribution in [0.15, 0.2) is 84.9 Å². The van der Waals surface area contributed by atoms with Gasteiger partial charge in [0.25, 0.3) is 0 Å². The maximum Gasteiger partial charge on any atom is 0.159 e. The molecule has 13 heteroatoms. The molecule has 0 radical (unpaired) electrons. The van der Waals surface area contributed by atoms with Crippen LogP contribution in [-0.4, -0.2) is 83.8 Å². The Hall–Kier alpha value is -5.11. The van der Waals surface area contributed by atoms with Crippen LogP contribution in [0.25, 0.3) is 33.8 Å². The third-order valence-electron chi connectivity index (χ3n) is 10.1. The average molecular weight is 732 g/mol. The molecule has 4 aromatic heterocycles. The fraction of sp³-hybridized carbons (Fsp3) is 0.350. The lowest BCUT2D eigenvalue weighted by atomic mass is 10.1. The highest BCUT2D eigenvalue weighted by Crippen LogP contribution is 2.32. The number of carbonyl (C=O) groups is 2. The number of carbonyl (C=O) groups excluding carboxylic acids is 2. The van der Waals surface area contributed by atoms with Crippen LogP contribution in [0.5, 0.6) is 0 Å². The molecule has 3 fully saturated rings. The van der Waals surface area contributed by atoms with Crippen LogP contribution < -0.4 is 0 Å². The summed E-state index contributed by atoms with van der Waals surface area (Å²) in [6.07, 6.45) is 4.63. The van der Waals surface area contributed by atoms with Gasteiger partial charge >= 0.3 is 0 Å². The minimum Gasteiger partial charge on any atom is -0.392 e. The van der Waals surface area contributed by atoms with E-state index in [2.05, 4.69) is 49.3 Å². The van der Waals surface area contributed by atoms with Crippen molar-refractivity contribution in [1.29, 1.82) is 0 Å². The lowest BCUT2D eigenvalue weighted by Gasteiger charge is -2.26. The zero-order valence-corrected chi connectivity index (χ0v) is 30.2. The maximum absolute atomic E-state index is 12.1. The number of Topliss-reactive ketones (excluding diaryl/α,β-unsaturated/α-hetero) is 2. The molecule has 0 unspecified atom stereocenters. The molecule has 1 N–H and O–H groups in total. The average Bonchev–Trinajstić information content (AvgIpc) is 4.11. The van der Waals surface area contributed by atoms with E-state index in [-0.39, 0.29) is 41.5 Å². The second-order valence-corrected chi connectivity index (χ2v) is 16.5. The predicted octanol–water partition coefficient (Wildman–Crippen LogP) is 4.56. The van der Waals surface area contributed by atoms with Crippen LogP contribution in [-0.2, 0) is 45.4 Å². The first-order valence-electron chi connectivity index (χ1n) is 18.2. The molecular weight excluding hydrogens is 691 g/mol. The van der Waals surface area contributed by atoms with Crippen molar-refractivity contribution in [3.05, 3.63) is 108 Å². The van der Waals surface area contributed by atoms with Crippen LogP contribution in [0.2, 0.25) is 0 Å². The summed E-state index contributed by atoms with van der Waals surface area (Å²) in [5.41, 5.74) is 7.38. The quantitative estimate of drug-likeness (QED) is 0.201. The van der Waals surface area contributed by atoms with E-state index in [0.717, 1.165) is 77.2 Å². The highest BCUT2D eigenvalue weighted by molar-refractivity contribution is 7.91. The minimum atomic E-state index is -2.86. The largest absolute Gasteiger partial charge is 0.392 e. The molecule has 0 spiro atoms. The minimum absolute atomic E-state index is 0.0290. The summed E-state index contributed by atoms with van der Waals surface area (Å²) in [6.45, 7) is 1.95. The zero-order valence-electron chi connectivity index (χ0n) is 29.3. The lowest BCUT2D eigenvalue weighted by molar-refractivity contribution is -0.120. The Bertz CT molecular complexity index is 2380. The SMILES string of the molecule is O=C(Cc1nc2cccc(-c3ccc(CN4CCS(=O)(=O)CC4)cc3)n2n1)C1CC1.O=C(Cc1nc2cccc(-c3ccc(CO)cc3)n2n1)C1CC1. The first-order chi connectivity index (χ1) is 25.7. The lowest BCUT2D eigenvalue weighted by Crippen LogP contribution is -2.39. The van der Waals surface area contributed by atoms with Crippen LogP contribution in [0.4, 0.5) is 0 Å². The fourth-order valence-corrected chi connectivity index (χ4v) is 7.90. The van der Waals surface area contributed by atoms with Gasteiger partial charge in [0.15, 0.2) is 32.8 Å². The predicted molar refractivity (Wildman–Crippen MR) is 200 cm³/mol. The van der Waals surface area contributed by atoms with Gasteiger partial charge in [0.2, 0.25) is 0 Å². The second kappa shape index (κ2) is 14.7. The molecule has 2 saturated carbocycles. The van der Waals surface area contributed by atoms with Crippen molar-refractivity contribution >= 4 is 32.7 Å². The second-order valence-electron chi connectivity index (χ2n) is 14.2. The molecule has 2 aliphatic carbocycles. The van der Waals surface area contributed by atoms with Gasteiger partial charge in [-0.3, -0.25) is 14.5 Å². The van der Waals surface area contributed by atoms with E-state index >= 15 is 0 Å². The van der Waals surface area contributed by atoms with Gasteiger partial charge in [-0.15, -0.1) is 0 Å². The summed E-state index contributed by atoms with van der Waals surface area (Å²) < 4.78 is 26.8. The van der Waals surface area contributed by atoms with Crippen molar-refractivity contribution in [2.75, 3.05) is 24.6 Å². The number of benzene rings is 2. The molecule has 1 aliphatic heterocycles. The summed E-state index contributed by atoms with van der Waals surface area (Å²) >= 11 is 0. The van der Waals surface area contributed by atoms with Crippen molar-refractivity contribution < 1.29 is 23.1 Å². The molecule has 5 heterocycles. The number of hydrogen-bond donors (Lipinski definition) is 1. The number of aliphatic hydroxyl groups is 1. The molecule has 0 bridgehead atoms. The van der Waals surface area contributed by atoms with E-state index < -0.39 is 9.84 Å². The molecule has 1 saturated heterocycles. The van der Waals surface area contributed by atoms with Gasteiger partial charge in [0.1, 0.15) is 11.6 Å². The summed E-state index contributed by atoms with van der Waals surface area (Å²) in [4.78, 5) is 35.3. The third-order valence-corrected chi connectivity index (χ3v) is 11.7. The molecule has 53 heavy (non-hydrogen) atoms. The van der Waals surface area contributed by atoms with Gasteiger partial charge in [-0.1, -0.05) is 60.7 Å². The standard InChI is InChI=1S/C22H24N4O3S.C18H17N3O2/c27-20(18-8-9-18)14-21-23-22-3-1-2-19(26(22)24-21)17-6-4-16(5-7-17)15-25-10-12-30(28,29)13-11-25;22-11-12-4-6-13(7-5-12)15-2-1-3-18-19-17(20-21(15)18)10-16(23)14-8-9-14/h1-7,18H,8-15H2;1-7,14,22H,8-11H2. The number of rotatable bonds is 11. The Morgan fingerprint density at radius 2 is 1.09 bits per heavy atom. The molecule has 0 amide bonds. The van der Waals surface area contributed by atoms with Crippen LogP contribution >= 0.6 is 0 Å². The Labute approximate surface area is 307 Å². The van der Waals surface area contributed by atoms with E-state index in [1.165, 1.54) is 0 Å². The molecule has 6 aromatic rings. The van der Waals surface area contributed by atoms with Gasteiger partial charge in [-0.05, 0) is 61.1 Å². The number of ketones is 2. The number of aromatic nitrogens is 6. The van der Waals surface area contributed by atoms with E-state index in [4.69, 9.17) is 5.11 Å². The highest BCUT2D eigenvalue weighted by atomic mass is 32.2. The number of hydrogen-bond acceptors (Lipinski definition) is 10. The number of pyridine rings is 2. The normalized spacial score (nSPS) is 17.1. The van der Waals surface area contributed by atoms with Gasteiger partial charge in [0.05, 0.1) is 42.3 Å². The number of sulfone groups is 1. The molecule has 12 nitrogen and oxygen atoms in total. The van der Waals surface area contributed by atoms with Crippen LogP contribution in [0.1, 0.15) is 48.5 Å². The first kappa shape index (κ1) is 34.9. The third kappa shape index (κ3) is 8.27. The fourth-order valence-electron chi connectivity index (χ4n) is 6.63. The summed E-state index contributed by atoms with van der Waals surface area (Å²) in [7, 11) is -2.86. The Morgan fingerprint density at radius 3 is 1.53 bits per heavy atom. The van der Waals surface area contributed by atoms with E-state index in [1.54, 1.807) is 9.03 Å². The Balaban J connectivity index is 0.000000156. The maximum atomic E-state index is 12.1. The summed E-state index contributed by atoms with van der Waals surface area (Å²) in [5.74, 6) is 2.57. The van der Waals surface area contributed by atoms with Crippen molar-refractivity contribution in [3.8, 4) is 22.5 Å². The smallest absolute Gasteiger partial charge is 0.159 e. The Kier molecular flexibility index (Phi) is 9.71. The number of fused-ring (bicyclic) bond motifs is 2. The first-order valence-corrected chi connectivity index (χ1v) is 20.0. The number of aliphatic hydroxyl groups excluding tert-OH is 1. The van der Waals surface area contributed by atoms with Crippen molar-refractivity contribution in [3.63, 3.8) is 0 Å². The van der Waals surface area contributed by atoms with Crippen LogP contribution in [0, 0.1) is 11.8 Å². The van der Waals surface area contributed by atoms with E-state index in [9.17, 15) is 18.0 Å². The van der Waals surface area contributed by atoms with E-state index in [1.807, 2.05) is 60.7 Å². The van der Waals surface area contributed by atoms with Crippen molar-refractivity contribution in [2.45, 2.75) is 51.7 Å².